The number of rotatable bonds is 8. The molecule has 0 spiro atoms. The number of amides is 2. The van der Waals surface area contributed by atoms with Gasteiger partial charge in [0.15, 0.2) is 0 Å². The largest absolute Gasteiger partial charge is 0.349 e. The molecule has 0 unspecified atom stereocenters. The zero-order valence-electron chi connectivity index (χ0n) is 19.2. The summed E-state index contributed by atoms with van der Waals surface area (Å²) in [6, 6.07) is 14.8. The summed E-state index contributed by atoms with van der Waals surface area (Å²) in [5.41, 5.74) is 3.04. The molecule has 1 aliphatic carbocycles. The van der Waals surface area contributed by atoms with Crippen molar-refractivity contribution in [3.8, 4) is 0 Å². The van der Waals surface area contributed by atoms with Crippen LogP contribution in [0.1, 0.15) is 57.2 Å². The van der Waals surface area contributed by atoms with Gasteiger partial charge in [0.2, 0.25) is 11.8 Å². The number of nitrogens with zero attached hydrogens (tertiary/aromatic N) is 4. The zero-order valence-corrected chi connectivity index (χ0v) is 19.2. The SMILES string of the molecule is CCC(C)(C)NC(=O)[C@@H](c1ccccc1C)N(C(=O)Cn1nnc2ccccc21)C1CC1. The van der Waals surface area contributed by atoms with Gasteiger partial charge >= 0.3 is 0 Å². The van der Waals surface area contributed by atoms with E-state index in [0.29, 0.717) is 0 Å². The summed E-state index contributed by atoms with van der Waals surface area (Å²) in [6.45, 7) is 8.09. The van der Waals surface area contributed by atoms with Crippen molar-refractivity contribution in [3.05, 3.63) is 59.7 Å². The Morgan fingerprint density at radius 3 is 2.53 bits per heavy atom. The minimum Gasteiger partial charge on any atom is -0.349 e. The number of fused-ring (bicyclic) bond motifs is 1. The van der Waals surface area contributed by atoms with Crippen LogP contribution in [0.5, 0.6) is 0 Å². The van der Waals surface area contributed by atoms with Gasteiger partial charge in [0.25, 0.3) is 0 Å². The van der Waals surface area contributed by atoms with Crippen molar-refractivity contribution in [2.45, 2.75) is 71.1 Å². The molecule has 0 radical (unpaired) electrons. The van der Waals surface area contributed by atoms with Gasteiger partial charge in [0.1, 0.15) is 18.1 Å². The molecule has 1 aromatic heterocycles. The molecular weight excluding hydrogens is 402 g/mol. The smallest absolute Gasteiger partial charge is 0.247 e. The average Bonchev–Trinajstić information content (AvgIpc) is 3.53. The van der Waals surface area contributed by atoms with E-state index in [4.69, 9.17) is 0 Å². The monoisotopic (exact) mass is 433 g/mol. The molecule has 2 aromatic carbocycles. The lowest BCUT2D eigenvalue weighted by molar-refractivity contribution is -0.143. The van der Waals surface area contributed by atoms with Crippen molar-refractivity contribution in [1.29, 1.82) is 0 Å². The van der Waals surface area contributed by atoms with Crippen LogP contribution in [0.4, 0.5) is 0 Å². The van der Waals surface area contributed by atoms with Gasteiger partial charge in [-0.2, -0.15) is 0 Å². The maximum absolute atomic E-state index is 13.7. The van der Waals surface area contributed by atoms with Crippen LogP contribution >= 0.6 is 0 Å². The molecule has 3 aromatic rings. The lowest BCUT2D eigenvalue weighted by atomic mass is 9.96. The van der Waals surface area contributed by atoms with Crippen LogP contribution in [-0.2, 0) is 16.1 Å². The van der Waals surface area contributed by atoms with Gasteiger partial charge in [-0.1, -0.05) is 48.5 Å². The summed E-state index contributed by atoms with van der Waals surface area (Å²) >= 11 is 0. The molecule has 7 heteroatoms. The van der Waals surface area contributed by atoms with Crippen molar-refractivity contribution >= 4 is 22.8 Å². The highest BCUT2D eigenvalue weighted by Gasteiger charge is 2.42. The summed E-state index contributed by atoms with van der Waals surface area (Å²) in [5, 5.41) is 11.5. The summed E-state index contributed by atoms with van der Waals surface area (Å²) < 4.78 is 1.62. The lowest BCUT2D eigenvalue weighted by Crippen LogP contribution is -2.51. The molecule has 1 aliphatic rings. The van der Waals surface area contributed by atoms with Gasteiger partial charge < -0.3 is 10.2 Å². The topological polar surface area (TPSA) is 80.1 Å². The third-order valence-corrected chi connectivity index (χ3v) is 6.29. The normalized spacial score (nSPS) is 14.9. The summed E-state index contributed by atoms with van der Waals surface area (Å²) in [7, 11) is 0. The highest BCUT2D eigenvalue weighted by Crippen LogP contribution is 2.36. The summed E-state index contributed by atoms with van der Waals surface area (Å²) in [4.78, 5) is 29.1. The maximum Gasteiger partial charge on any atom is 0.247 e. The van der Waals surface area contributed by atoms with Gasteiger partial charge in [0.05, 0.1) is 5.52 Å². The quantitative estimate of drug-likeness (QED) is 0.586. The first-order valence-electron chi connectivity index (χ1n) is 11.3. The fraction of sp³-hybridized carbons (Fsp3) is 0.440. The standard InChI is InChI=1S/C25H31N5O2/c1-5-25(3,4)26-24(32)23(19-11-7-6-10-17(19)2)30(18-14-15-18)22(31)16-29-21-13-9-8-12-20(21)27-28-29/h6-13,18,23H,5,14-16H2,1-4H3,(H,26,32)/t23-/m1/s1. The first kappa shape index (κ1) is 22.0. The molecule has 1 N–H and O–H groups in total. The van der Waals surface area contributed by atoms with Crippen molar-refractivity contribution in [3.63, 3.8) is 0 Å². The summed E-state index contributed by atoms with van der Waals surface area (Å²) in [6.07, 6.45) is 2.59. The third-order valence-electron chi connectivity index (χ3n) is 6.29. The predicted octanol–water partition coefficient (Wildman–Crippen LogP) is 3.78. The molecule has 0 bridgehead atoms. The van der Waals surface area contributed by atoms with Crippen LogP contribution in [0.3, 0.4) is 0 Å². The van der Waals surface area contributed by atoms with E-state index in [1.165, 1.54) is 0 Å². The average molecular weight is 434 g/mol. The molecule has 2 amide bonds. The Morgan fingerprint density at radius 2 is 1.84 bits per heavy atom. The third kappa shape index (κ3) is 4.52. The second-order valence-corrected chi connectivity index (χ2v) is 9.25. The Hall–Kier alpha value is -3.22. The first-order valence-corrected chi connectivity index (χ1v) is 11.3. The summed E-state index contributed by atoms with van der Waals surface area (Å²) in [5.74, 6) is -0.268. The van der Waals surface area contributed by atoms with E-state index < -0.39 is 6.04 Å². The fourth-order valence-electron chi connectivity index (χ4n) is 3.96. The van der Waals surface area contributed by atoms with Crippen molar-refractivity contribution in [2.75, 3.05) is 0 Å². The number of benzene rings is 2. The Balaban J connectivity index is 1.70. The Labute approximate surface area is 188 Å². The molecule has 0 saturated heterocycles. The minimum atomic E-state index is -0.684. The zero-order chi connectivity index (χ0) is 22.9. The number of aryl methyl sites for hydroxylation is 1. The van der Waals surface area contributed by atoms with Crippen LogP contribution < -0.4 is 5.32 Å². The van der Waals surface area contributed by atoms with Crippen molar-refractivity contribution < 1.29 is 9.59 Å². The molecule has 4 rings (SSSR count). The van der Waals surface area contributed by atoms with Gasteiger partial charge in [0, 0.05) is 11.6 Å². The van der Waals surface area contributed by atoms with E-state index in [1.54, 1.807) is 9.58 Å². The molecule has 32 heavy (non-hydrogen) atoms. The first-order chi connectivity index (χ1) is 15.3. The second kappa shape index (κ2) is 8.73. The molecule has 1 saturated carbocycles. The van der Waals surface area contributed by atoms with E-state index in [0.717, 1.165) is 41.4 Å². The molecular formula is C25H31N5O2. The number of hydrogen-bond acceptors (Lipinski definition) is 4. The highest BCUT2D eigenvalue weighted by molar-refractivity contribution is 5.90. The molecule has 1 fully saturated rings. The molecule has 1 heterocycles. The highest BCUT2D eigenvalue weighted by atomic mass is 16.2. The van der Waals surface area contributed by atoms with Gasteiger partial charge in [-0.3, -0.25) is 9.59 Å². The molecule has 0 aliphatic heterocycles. The van der Waals surface area contributed by atoms with E-state index in [9.17, 15) is 9.59 Å². The van der Waals surface area contributed by atoms with Crippen LogP contribution in [0.25, 0.3) is 11.0 Å². The molecule has 7 nitrogen and oxygen atoms in total. The van der Waals surface area contributed by atoms with Crippen molar-refractivity contribution in [2.24, 2.45) is 0 Å². The van der Waals surface area contributed by atoms with Gasteiger partial charge in [-0.05, 0) is 63.3 Å². The number of carbonyl (C=O) groups excluding carboxylic acids is 2. The van der Waals surface area contributed by atoms with E-state index in [-0.39, 0.29) is 29.9 Å². The minimum absolute atomic E-state index is 0.0455. The van der Waals surface area contributed by atoms with Crippen LogP contribution in [0, 0.1) is 6.92 Å². The number of nitrogens with one attached hydrogen (secondary N) is 1. The predicted molar refractivity (Wildman–Crippen MR) is 124 cm³/mol. The Morgan fingerprint density at radius 1 is 1.16 bits per heavy atom. The molecule has 1 atom stereocenters. The Kier molecular flexibility index (Phi) is 6.00. The maximum atomic E-state index is 13.7. The van der Waals surface area contributed by atoms with Crippen LogP contribution in [-0.4, -0.2) is 43.3 Å². The molecule has 168 valence electrons. The van der Waals surface area contributed by atoms with Crippen LogP contribution in [0.2, 0.25) is 0 Å². The van der Waals surface area contributed by atoms with Crippen molar-refractivity contribution in [1.82, 2.24) is 25.2 Å². The number of para-hydroxylation sites is 1. The van der Waals surface area contributed by atoms with Gasteiger partial charge in [-0.15, -0.1) is 5.10 Å². The second-order valence-electron chi connectivity index (χ2n) is 9.25. The fourth-order valence-corrected chi connectivity index (χ4v) is 3.96. The number of aromatic nitrogens is 3. The number of hydrogen-bond donors (Lipinski definition) is 1. The van der Waals surface area contributed by atoms with E-state index in [1.807, 2.05) is 76.2 Å². The lowest BCUT2D eigenvalue weighted by Gasteiger charge is -2.35. The Bertz CT molecular complexity index is 1130. The number of carbonyl (C=O) groups is 2. The van der Waals surface area contributed by atoms with E-state index in [2.05, 4.69) is 15.6 Å². The van der Waals surface area contributed by atoms with Gasteiger partial charge in [-0.25, -0.2) is 4.68 Å². The van der Waals surface area contributed by atoms with Crippen LogP contribution in [0.15, 0.2) is 48.5 Å². The van der Waals surface area contributed by atoms with E-state index >= 15 is 0 Å².